The Bertz CT molecular complexity index is 956. The molecular formula is C21H25F3N4O. The van der Waals surface area contributed by atoms with Gasteiger partial charge in [-0.3, -0.25) is 0 Å². The maximum atomic E-state index is 13.5. The second-order valence-electron chi connectivity index (χ2n) is 7.20. The quantitative estimate of drug-likeness (QED) is 0.494. The lowest BCUT2D eigenvalue weighted by molar-refractivity contribution is -0.252. The van der Waals surface area contributed by atoms with Gasteiger partial charge in [-0.15, -0.1) is 0 Å². The Balaban J connectivity index is 1.91. The summed E-state index contributed by atoms with van der Waals surface area (Å²) >= 11 is 0. The lowest BCUT2D eigenvalue weighted by atomic mass is 10.0. The van der Waals surface area contributed by atoms with Gasteiger partial charge in [-0.1, -0.05) is 25.1 Å². The van der Waals surface area contributed by atoms with Crippen molar-refractivity contribution < 1.29 is 18.3 Å². The van der Waals surface area contributed by atoms with Crippen LogP contribution in [0, 0.1) is 6.92 Å². The fourth-order valence-corrected chi connectivity index (χ4v) is 3.16. The number of fused-ring (bicyclic) bond motifs is 1. The van der Waals surface area contributed by atoms with Crippen LogP contribution in [0.25, 0.3) is 16.6 Å². The second-order valence-corrected chi connectivity index (χ2v) is 7.20. The van der Waals surface area contributed by atoms with Crippen molar-refractivity contribution >= 4 is 16.6 Å². The number of anilines is 1. The number of aliphatic hydroxyl groups is 1. The molecular weight excluding hydrogens is 381 g/mol. The van der Waals surface area contributed by atoms with Crippen molar-refractivity contribution in [1.29, 1.82) is 0 Å². The van der Waals surface area contributed by atoms with Crippen molar-refractivity contribution in [3.8, 4) is 5.69 Å². The molecule has 0 aliphatic carbocycles. The van der Waals surface area contributed by atoms with E-state index in [1.807, 2.05) is 50.2 Å². The summed E-state index contributed by atoms with van der Waals surface area (Å²) in [6, 6.07) is 13.2. The predicted octanol–water partition coefficient (Wildman–Crippen LogP) is 4.04. The van der Waals surface area contributed by atoms with Crippen LogP contribution < -0.4 is 10.6 Å². The van der Waals surface area contributed by atoms with Crippen LogP contribution in [-0.4, -0.2) is 46.3 Å². The van der Waals surface area contributed by atoms with Crippen molar-refractivity contribution in [2.75, 3.05) is 25.0 Å². The van der Waals surface area contributed by atoms with Gasteiger partial charge in [0.2, 0.25) is 0 Å². The average molecular weight is 406 g/mol. The van der Waals surface area contributed by atoms with E-state index in [0.29, 0.717) is 24.0 Å². The molecule has 0 aliphatic heterocycles. The third-order valence-electron chi connectivity index (χ3n) is 4.78. The highest BCUT2D eigenvalue weighted by Crippen LogP contribution is 2.32. The summed E-state index contributed by atoms with van der Waals surface area (Å²) in [6.07, 6.45) is -2.47. The maximum Gasteiger partial charge on any atom is 0.420 e. The summed E-state index contributed by atoms with van der Waals surface area (Å²) in [5, 5.41) is 20.8. The van der Waals surface area contributed by atoms with Gasteiger partial charge in [0.1, 0.15) is 0 Å². The van der Waals surface area contributed by atoms with Crippen molar-refractivity contribution in [3.63, 3.8) is 0 Å². The zero-order valence-electron chi connectivity index (χ0n) is 16.4. The van der Waals surface area contributed by atoms with Crippen molar-refractivity contribution in [1.82, 2.24) is 15.1 Å². The summed E-state index contributed by atoms with van der Waals surface area (Å²) in [6.45, 7) is 2.88. The molecule has 0 saturated heterocycles. The number of alkyl halides is 3. The molecule has 0 fully saturated rings. The van der Waals surface area contributed by atoms with Crippen LogP contribution >= 0.6 is 0 Å². The van der Waals surface area contributed by atoms with Gasteiger partial charge in [0.25, 0.3) is 0 Å². The molecule has 3 N–H and O–H groups in total. The van der Waals surface area contributed by atoms with E-state index in [9.17, 15) is 18.3 Å². The van der Waals surface area contributed by atoms with Crippen LogP contribution in [0.4, 0.5) is 18.9 Å². The number of benzene rings is 2. The molecule has 0 radical (unpaired) electrons. The van der Waals surface area contributed by atoms with Gasteiger partial charge < -0.3 is 15.7 Å². The first-order valence-corrected chi connectivity index (χ1v) is 9.52. The normalized spacial score (nSPS) is 14.1. The Labute approximate surface area is 167 Å². The number of halogens is 3. The zero-order chi connectivity index (χ0) is 21.1. The summed E-state index contributed by atoms with van der Waals surface area (Å²) in [5.41, 5.74) is 0.124. The SMILES string of the molecule is CCCNCC(O)(CNc1cc(C)cc2c1cnn2-c1ccccc1)C(F)(F)F. The maximum absolute atomic E-state index is 13.5. The van der Waals surface area contributed by atoms with E-state index in [1.165, 1.54) is 0 Å². The number of hydrogen-bond donors (Lipinski definition) is 3. The van der Waals surface area contributed by atoms with Gasteiger partial charge in [0.05, 0.1) is 23.9 Å². The smallest absolute Gasteiger partial charge is 0.381 e. The molecule has 3 rings (SSSR count). The van der Waals surface area contributed by atoms with Crippen molar-refractivity contribution in [2.45, 2.75) is 32.0 Å². The fourth-order valence-electron chi connectivity index (χ4n) is 3.16. The highest BCUT2D eigenvalue weighted by Gasteiger charge is 2.53. The molecule has 0 spiro atoms. The van der Waals surface area contributed by atoms with Gasteiger partial charge >= 0.3 is 6.18 Å². The molecule has 8 heteroatoms. The third kappa shape index (κ3) is 4.54. The van der Waals surface area contributed by atoms with Gasteiger partial charge in [-0.05, 0) is 49.7 Å². The molecule has 1 heterocycles. The molecule has 0 aliphatic rings. The molecule has 0 saturated carbocycles. The van der Waals surface area contributed by atoms with Crippen LogP contribution in [-0.2, 0) is 0 Å². The van der Waals surface area contributed by atoms with Gasteiger partial charge in [0.15, 0.2) is 5.60 Å². The third-order valence-corrected chi connectivity index (χ3v) is 4.78. The number of rotatable bonds is 8. The molecule has 29 heavy (non-hydrogen) atoms. The van der Waals surface area contributed by atoms with E-state index < -0.39 is 24.9 Å². The average Bonchev–Trinajstić information content (AvgIpc) is 3.10. The minimum atomic E-state index is -4.77. The van der Waals surface area contributed by atoms with E-state index >= 15 is 0 Å². The highest BCUT2D eigenvalue weighted by molar-refractivity contribution is 5.93. The first kappa shape index (κ1) is 21.1. The van der Waals surface area contributed by atoms with E-state index in [1.54, 1.807) is 16.9 Å². The number of nitrogens with one attached hydrogen (secondary N) is 2. The summed E-state index contributed by atoms with van der Waals surface area (Å²) in [4.78, 5) is 0. The first-order valence-electron chi connectivity index (χ1n) is 9.52. The van der Waals surface area contributed by atoms with E-state index in [0.717, 1.165) is 16.8 Å². The highest BCUT2D eigenvalue weighted by atomic mass is 19.4. The molecule has 1 aromatic heterocycles. The van der Waals surface area contributed by atoms with E-state index in [-0.39, 0.29) is 0 Å². The molecule has 2 aromatic carbocycles. The lowest BCUT2D eigenvalue weighted by Crippen LogP contribution is -2.57. The first-order chi connectivity index (χ1) is 13.7. The second kappa shape index (κ2) is 8.42. The number of aromatic nitrogens is 2. The number of para-hydroxylation sites is 1. The minimum Gasteiger partial charge on any atom is -0.381 e. The summed E-state index contributed by atoms with van der Waals surface area (Å²) < 4.78 is 42.3. The largest absolute Gasteiger partial charge is 0.420 e. The Morgan fingerprint density at radius 2 is 1.83 bits per heavy atom. The monoisotopic (exact) mass is 406 g/mol. The zero-order valence-corrected chi connectivity index (χ0v) is 16.4. The topological polar surface area (TPSA) is 62.1 Å². The number of hydrogen-bond acceptors (Lipinski definition) is 4. The molecule has 1 atom stereocenters. The number of aryl methyl sites for hydroxylation is 1. The van der Waals surface area contributed by atoms with Crippen LogP contribution in [0.5, 0.6) is 0 Å². The Morgan fingerprint density at radius 3 is 2.48 bits per heavy atom. The molecule has 1 unspecified atom stereocenters. The van der Waals surface area contributed by atoms with Gasteiger partial charge in [0, 0.05) is 17.6 Å². The van der Waals surface area contributed by atoms with Gasteiger partial charge in [-0.2, -0.15) is 18.3 Å². The standard InChI is InChI=1S/C21H25F3N4O/c1-3-9-25-13-20(29,21(22,23)24)14-26-18-10-15(2)11-19-17(18)12-27-28(19)16-7-5-4-6-8-16/h4-8,10-12,25-26,29H,3,9,13-14H2,1-2H3. The Morgan fingerprint density at radius 1 is 1.10 bits per heavy atom. The van der Waals surface area contributed by atoms with Crippen LogP contribution in [0.1, 0.15) is 18.9 Å². The fraction of sp³-hybridized carbons (Fsp3) is 0.381. The predicted molar refractivity (Wildman–Crippen MR) is 108 cm³/mol. The van der Waals surface area contributed by atoms with Crippen molar-refractivity contribution in [2.24, 2.45) is 0 Å². The van der Waals surface area contributed by atoms with Gasteiger partial charge in [-0.25, -0.2) is 4.68 Å². The summed E-state index contributed by atoms with van der Waals surface area (Å²) in [7, 11) is 0. The van der Waals surface area contributed by atoms with E-state index in [4.69, 9.17) is 0 Å². The van der Waals surface area contributed by atoms with Crippen LogP contribution in [0.2, 0.25) is 0 Å². The molecule has 3 aromatic rings. The molecule has 0 amide bonds. The lowest BCUT2D eigenvalue weighted by Gasteiger charge is -2.31. The molecule has 156 valence electrons. The minimum absolute atomic E-state index is 0.400. The Kier molecular flexibility index (Phi) is 6.14. The van der Waals surface area contributed by atoms with Crippen molar-refractivity contribution in [3.05, 3.63) is 54.2 Å². The summed E-state index contributed by atoms with van der Waals surface area (Å²) in [5.74, 6) is 0. The van der Waals surface area contributed by atoms with Crippen LogP contribution in [0.15, 0.2) is 48.7 Å². The number of nitrogens with zero attached hydrogens (tertiary/aromatic N) is 2. The molecule has 0 bridgehead atoms. The molecule has 5 nitrogen and oxygen atoms in total. The Hall–Kier alpha value is -2.58. The van der Waals surface area contributed by atoms with Crippen LogP contribution in [0.3, 0.4) is 0 Å². The van der Waals surface area contributed by atoms with E-state index in [2.05, 4.69) is 15.7 Å².